The van der Waals surface area contributed by atoms with Gasteiger partial charge in [-0.2, -0.15) is 5.10 Å². The summed E-state index contributed by atoms with van der Waals surface area (Å²) in [6.45, 7) is 0.327. The van der Waals surface area contributed by atoms with E-state index < -0.39 is 22.7 Å². The van der Waals surface area contributed by atoms with Crippen molar-refractivity contribution in [2.75, 3.05) is 13.7 Å². The maximum absolute atomic E-state index is 12.5. The standard InChI is InChI=1S/C19H18N4O6/c1-29-15-8-13(23(27)28)7-12(17(15)24)9-21-22-19(26)16-14(10-20-18(16)25)11-5-3-2-4-6-11/h2-9,14,16,24H,10H2,1H3,(H,20,25)(H,22,26)/b21-9+/t14-,16-/m0/s1. The van der Waals surface area contributed by atoms with Crippen LogP contribution in [0.4, 0.5) is 5.69 Å². The molecule has 3 rings (SSSR count). The number of nitro benzene ring substituents is 1. The first-order valence-electron chi connectivity index (χ1n) is 8.63. The minimum Gasteiger partial charge on any atom is -0.504 e. The van der Waals surface area contributed by atoms with E-state index >= 15 is 0 Å². The second-order valence-electron chi connectivity index (χ2n) is 6.32. The molecule has 0 radical (unpaired) electrons. The number of benzene rings is 2. The van der Waals surface area contributed by atoms with Gasteiger partial charge in [0, 0.05) is 24.1 Å². The molecule has 0 aromatic heterocycles. The summed E-state index contributed by atoms with van der Waals surface area (Å²) in [4.78, 5) is 35.0. The highest BCUT2D eigenvalue weighted by Crippen LogP contribution is 2.33. The molecule has 3 N–H and O–H groups in total. The zero-order valence-electron chi connectivity index (χ0n) is 15.4. The Hall–Kier alpha value is -3.95. The van der Waals surface area contributed by atoms with Gasteiger partial charge in [0.25, 0.3) is 11.6 Å². The zero-order valence-corrected chi connectivity index (χ0v) is 15.4. The fourth-order valence-corrected chi connectivity index (χ4v) is 3.14. The van der Waals surface area contributed by atoms with Gasteiger partial charge in [0.05, 0.1) is 24.3 Å². The van der Waals surface area contributed by atoms with Gasteiger partial charge >= 0.3 is 0 Å². The Balaban J connectivity index is 1.78. The average molecular weight is 398 g/mol. The Morgan fingerprint density at radius 3 is 2.76 bits per heavy atom. The lowest BCUT2D eigenvalue weighted by atomic mass is 9.88. The monoisotopic (exact) mass is 398 g/mol. The summed E-state index contributed by atoms with van der Waals surface area (Å²) in [5.74, 6) is -2.82. The van der Waals surface area contributed by atoms with Gasteiger partial charge in [0.2, 0.25) is 5.91 Å². The Morgan fingerprint density at radius 2 is 2.10 bits per heavy atom. The number of nitrogens with zero attached hydrogens (tertiary/aromatic N) is 2. The molecule has 2 amide bonds. The van der Waals surface area contributed by atoms with Crippen molar-refractivity contribution in [2.24, 2.45) is 11.0 Å². The third-order valence-corrected chi connectivity index (χ3v) is 4.59. The number of phenolic OH excluding ortho intramolecular Hbond substituents is 1. The number of rotatable bonds is 6. The fraction of sp³-hybridized carbons (Fsp3) is 0.211. The molecule has 10 nitrogen and oxygen atoms in total. The molecule has 150 valence electrons. The Labute approximate surface area is 165 Å². The number of carbonyl (C=O) groups is 2. The van der Waals surface area contributed by atoms with Crippen LogP contribution in [0.1, 0.15) is 17.0 Å². The first-order valence-corrected chi connectivity index (χ1v) is 8.63. The Bertz CT molecular complexity index is 976. The Kier molecular flexibility index (Phi) is 5.72. The van der Waals surface area contributed by atoms with Crippen molar-refractivity contribution in [3.63, 3.8) is 0 Å². The van der Waals surface area contributed by atoms with Gasteiger partial charge in [-0.05, 0) is 5.56 Å². The second-order valence-corrected chi connectivity index (χ2v) is 6.32. The molecule has 0 aliphatic carbocycles. The van der Waals surface area contributed by atoms with Crippen LogP contribution >= 0.6 is 0 Å². The summed E-state index contributed by atoms with van der Waals surface area (Å²) >= 11 is 0. The summed E-state index contributed by atoms with van der Waals surface area (Å²) in [5.41, 5.74) is 2.77. The van der Waals surface area contributed by atoms with Gasteiger partial charge < -0.3 is 15.2 Å². The van der Waals surface area contributed by atoms with E-state index in [2.05, 4.69) is 15.8 Å². The van der Waals surface area contributed by atoms with Gasteiger partial charge in [0.1, 0.15) is 5.92 Å². The lowest BCUT2D eigenvalue weighted by molar-refractivity contribution is -0.385. The van der Waals surface area contributed by atoms with Gasteiger partial charge in [-0.25, -0.2) is 5.43 Å². The van der Waals surface area contributed by atoms with Gasteiger partial charge in [0.15, 0.2) is 11.5 Å². The number of ether oxygens (including phenoxy) is 1. The molecule has 2 atom stereocenters. The molecule has 1 aliphatic rings. The summed E-state index contributed by atoms with van der Waals surface area (Å²) in [6, 6.07) is 11.3. The van der Waals surface area contributed by atoms with E-state index in [4.69, 9.17) is 4.74 Å². The molecule has 0 saturated carbocycles. The maximum atomic E-state index is 12.5. The van der Waals surface area contributed by atoms with Crippen molar-refractivity contribution in [1.29, 1.82) is 0 Å². The van der Waals surface area contributed by atoms with Crippen molar-refractivity contribution in [2.45, 2.75) is 5.92 Å². The highest BCUT2D eigenvalue weighted by molar-refractivity contribution is 6.03. The molecule has 1 aliphatic heterocycles. The largest absolute Gasteiger partial charge is 0.504 e. The molecular formula is C19H18N4O6. The minimum atomic E-state index is -0.970. The zero-order chi connectivity index (χ0) is 21.0. The maximum Gasteiger partial charge on any atom is 0.274 e. The minimum absolute atomic E-state index is 0.0215. The van der Waals surface area contributed by atoms with E-state index in [-0.39, 0.29) is 28.7 Å². The quantitative estimate of drug-likeness (QED) is 0.290. The number of hydrogen-bond donors (Lipinski definition) is 3. The lowest BCUT2D eigenvalue weighted by Gasteiger charge is -2.15. The highest BCUT2D eigenvalue weighted by atomic mass is 16.6. The molecule has 1 saturated heterocycles. The Morgan fingerprint density at radius 1 is 1.38 bits per heavy atom. The molecule has 29 heavy (non-hydrogen) atoms. The van der Waals surface area contributed by atoms with Crippen molar-refractivity contribution >= 4 is 23.7 Å². The van der Waals surface area contributed by atoms with Gasteiger partial charge in [-0.15, -0.1) is 0 Å². The van der Waals surface area contributed by atoms with Gasteiger partial charge in [-0.3, -0.25) is 19.7 Å². The number of amides is 2. The third kappa shape index (κ3) is 4.15. The summed E-state index contributed by atoms with van der Waals surface area (Å²) in [6.07, 6.45) is 1.05. The number of nitrogens with one attached hydrogen (secondary N) is 2. The molecule has 1 heterocycles. The van der Waals surface area contributed by atoms with Crippen LogP contribution in [0.5, 0.6) is 11.5 Å². The second kappa shape index (κ2) is 8.38. The predicted molar refractivity (Wildman–Crippen MR) is 103 cm³/mol. The van der Waals surface area contributed by atoms with Crippen molar-refractivity contribution in [1.82, 2.24) is 10.7 Å². The van der Waals surface area contributed by atoms with Crippen molar-refractivity contribution in [3.05, 3.63) is 63.7 Å². The van der Waals surface area contributed by atoms with Crippen molar-refractivity contribution in [3.8, 4) is 11.5 Å². The summed E-state index contributed by atoms with van der Waals surface area (Å²) in [7, 11) is 1.25. The number of non-ortho nitro benzene ring substituents is 1. The van der Waals surface area contributed by atoms with Crippen LogP contribution in [0, 0.1) is 16.0 Å². The van der Waals surface area contributed by atoms with E-state index in [1.807, 2.05) is 30.3 Å². The molecule has 0 spiro atoms. The van der Waals surface area contributed by atoms with Crippen LogP contribution < -0.4 is 15.5 Å². The van der Waals surface area contributed by atoms with Crippen LogP contribution in [0.3, 0.4) is 0 Å². The van der Waals surface area contributed by atoms with E-state index in [1.165, 1.54) is 7.11 Å². The summed E-state index contributed by atoms with van der Waals surface area (Å²) < 4.78 is 4.91. The number of phenols is 1. The number of carbonyl (C=O) groups excluding carboxylic acids is 2. The first-order chi connectivity index (χ1) is 13.9. The van der Waals surface area contributed by atoms with E-state index in [9.17, 15) is 24.8 Å². The number of hydrazone groups is 1. The number of hydrogen-bond acceptors (Lipinski definition) is 7. The van der Waals surface area contributed by atoms with Crippen LogP contribution in [0.25, 0.3) is 0 Å². The van der Waals surface area contributed by atoms with Crippen LogP contribution in [-0.2, 0) is 9.59 Å². The van der Waals surface area contributed by atoms with Crippen LogP contribution in [0.2, 0.25) is 0 Å². The molecule has 2 aromatic carbocycles. The first kappa shape index (κ1) is 19.8. The fourth-order valence-electron chi connectivity index (χ4n) is 3.14. The molecule has 2 aromatic rings. The van der Waals surface area contributed by atoms with Gasteiger partial charge in [-0.1, -0.05) is 30.3 Å². The topological polar surface area (TPSA) is 143 Å². The lowest BCUT2D eigenvalue weighted by Crippen LogP contribution is -2.34. The molecular weight excluding hydrogens is 380 g/mol. The summed E-state index contributed by atoms with van der Waals surface area (Å²) in [5, 5.41) is 27.5. The normalized spacial score (nSPS) is 18.4. The van der Waals surface area contributed by atoms with Crippen molar-refractivity contribution < 1.29 is 24.4 Å². The number of methoxy groups -OCH3 is 1. The smallest absolute Gasteiger partial charge is 0.274 e. The average Bonchev–Trinajstić information content (AvgIpc) is 3.11. The van der Waals surface area contributed by atoms with E-state index in [1.54, 1.807) is 0 Å². The van der Waals surface area contributed by atoms with Crippen LogP contribution in [0.15, 0.2) is 47.6 Å². The number of aromatic hydroxyl groups is 1. The SMILES string of the molecule is COc1cc([N+](=O)[O-])cc(/C=N/NC(=O)[C@@H]2C(=O)NC[C@H]2c2ccccc2)c1O. The molecule has 0 bridgehead atoms. The van der Waals surface area contributed by atoms with E-state index in [0.717, 1.165) is 23.9 Å². The molecule has 10 heteroatoms. The predicted octanol–water partition coefficient (Wildman–Crippen LogP) is 1.29. The highest BCUT2D eigenvalue weighted by Gasteiger charge is 2.40. The molecule has 1 fully saturated rings. The van der Waals surface area contributed by atoms with Crippen LogP contribution in [-0.4, -0.2) is 41.7 Å². The third-order valence-electron chi connectivity index (χ3n) is 4.59. The molecule has 0 unspecified atom stereocenters. The van der Waals surface area contributed by atoms with E-state index in [0.29, 0.717) is 6.54 Å². The number of nitro groups is 1.